The first-order valence-electron chi connectivity index (χ1n) is 7.59. The standard InChI is InChI=1S/C17H24N2O/c1-2-3-4-5-6-7-13-20-16-11-10-15(18)17-14(16)9-8-12-19-17/h8-12H,2-7,13,18H2,1H3. The number of benzene rings is 1. The van der Waals surface area contributed by atoms with Crippen molar-refractivity contribution in [2.24, 2.45) is 0 Å². The molecule has 1 aromatic heterocycles. The molecule has 0 saturated carbocycles. The van der Waals surface area contributed by atoms with Crippen LogP contribution in [0, 0.1) is 0 Å². The van der Waals surface area contributed by atoms with E-state index in [0.717, 1.165) is 29.7 Å². The number of nitrogens with zero attached hydrogens (tertiary/aromatic N) is 1. The Morgan fingerprint density at radius 2 is 1.85 bits per heavy atom. The molecule has 1 heterocycles. The highest BCUT2D eigenvalue weighted by Gasteiger charge is 2.05. The number of nitrogen functional groups attached to an aromatic ring is 1. The molecule has 2 rings (SSSR count). The number of rotatable bonds is 8. The van der Waals surface area contributed by atoms with Crippen molar-refractivity contribution < 1.29 is 4.74 Å². The van der Waals surface area contributed by atoms with E-state index >= 15 is 0 Å². The molecule has 2 aromatic rings. The number of anilines is 1. The van der Waals surface area contributed by atoms with Gasteiger partial charge in [-0.1, -0.05) is 39.0 Å². The molecule has 0 aliphatic heterocycles. The predicted octanol–water partition coefficient (Wildman–Crippen LogP) is 4.56. The number of hydrogen-bond donors (Lipinski definition) is 1. The van der Waals surface area contributed by atoms with Crippen LogP contribution in [0.15, 0.2) is 30.5 Å². The average Bonchev–Trinajstić information content (AvgIpc) is 2.49. The van der Waals surface area contributed by atoms with Crippen molar-refractivity contribution >= 4 is 16.6 Å². The third-order valence-electron chi connectivity index (χ3n) is 3.52. The Hall–Kier alpha value is -1.77. The van der Waals surface area contributed by atoms with Crippen LogP contribution in [0.5, 0.6) is 5.75 Å². The molecule has 3 nitrogen and oxygen atoms in total. The first-order valence-corrected chi connectivity index (χ1v) is 7.59. The first-order chi connectivity index (χ1) is 9.83. The molecule has 20 heavy (non-hydrogen) atoms. The zero-order valence-electron chi connectivity index (χ0n) is 12.3. The van der Waals surface area contributed by atoms with Crippen molar-refractivity contribution in [3.8, 4) is 5.75 Å². The van der Waals surface area contributed by atoms with Gasteiger partial charge in [-0.15, -0.1) is 0 Å². The van der Waals surface area contributed by atoms with E-state index in [-0.39, 0.29) is 0 Å². The van der Waals surface area contributed by atoms with E-state index in [1.54, 1.807) is 6.20 Å². The number of ether oxygens (including phenoxy) is 1. The summed E-state index contributed by atoms with van der Waals surface area (Å²) < 4.78 is 5.89. The molecule has 2 N–H and O–H groups in total. The molecule has 0 aliphatic carbocycles. The quantitative estimate of drug-likeness (QED) is 0.566. The Labute approximate surface area is 121 Å². The highest BCUT2D eigenvalue weighted by atomic mass is 16.5. The van der Waals surface area contributed by atoms with Crippen LogP contribution in [0.1, 0.15) is 45.4 Å². The lowest BCUT2D eigenvalue weighted by atomic mass is 10.1. The highest BCUT2D eigenvalue weighted by molar-refractivity contribution is 5.93. The molecular weight excluding hydrogens is 248 g/mol. The smallest absolute Gasteiger partial charge is 0.128 e. The number of nitrogens with two attached hydrogens (primary N) is 1. The van der Waals surface area contributed by atoms with Gasteiger partial charge < -0.3 is 10.5 Å². The van der Waals surface area contributed by atoms with Crippen molar-refractivity contribution in [1.29, 1.82) is 0 Å². The van der Waals surface area contributed by atoms with Crippen molar-refractivity contribution in [3.63, 3.8) is 0 Å². The van der Waals surface area contributed by atoms with Gasteiger partial charge in [0.25, 0.3) is 0 Å². The summed E-state index contributed by atoms with van der Waals surface area (Å²) in [5, 5.41) is 0.999. The molecule has 0 radical (unpaired) electrons. The second-order valence-electron chi connectivity index (χ2n) is 5.17. The van der Waals surface area contributed by atoms with Crippen LogP contribution >= 0.6 is 0 Å². The topological polar surface area (TPSA) is 48.1 Å². The van der Waals surface area contributed by atoms with Crippen LogP contribution in [-0.4, -0.2) is 11.6 Å². The molecule has 0 fully saturated rings. The maximum Gasteiger partial charge on any atom is 0.128 e. The summed E-state index contributed by atoms with van der Waals surface area (Å²) in [4.78, 5) is 4.31. The van der Waals surface area contributed by atoms with Crippen LogP contribution in [0.25, 0.3) is 10.9 Å². The fraction of sp³-hybridized carbons (Fsp3) is 0.471. The van der Waals surface area contributed by atoms with Gasteiger partial charge in [-0.25, -0.2) is 0 Å². The van der Waals surface area contributed by atoms with Crippen molar-refractivity contribution in [2.75, 3.05) is 12.3 Å². The van der Waals surface area contributed by atoms with E-state index in [0.29, 0.717) is 5.69 Å². The van der Waals surface area contributed by atoms with E-state index in [2.05, 4.69) is 11.9 Å². The maximum atomic E-state index is 5.93. The van der Waals surface area contributed by atoms with Crippen LogP contribution in [-0.2, 0) is 0 Å². The molecule has 0 unspecified atom stereocenters. The fourth-order valence-electron chi connectivity index (χ4n) is 2.36. The van der Waals surface area contributed by atoms with Crippen LogP contribution in [0.3, 0.4) is 0 Å². The summed E-state index contributed by atoms with van der Waals surface area (Å²) in [6, 6.07) is 7.73. The summed E-state index contributed by atoms with van der Waals surface area (Å²) in [6.45, 7) is 3.00. The van der Waals surface area contributed by atoms with Crippen molar-refractivity contribution in [1.82, 2.24) is 4.98 Å². The lowest BCUT2D eigenvalue weighted by molar-refractivity contribution is 0.308. The van der Waals surface area contributed by atoms with Crippen molar-refractivity contribution in [3.05, 3.63) is 30.5 Å². The zero-order chi connectivity index (χ0) is 14.2. The van der Waals surface area contributed by atoms with Gasteiger partial charge in [-0.3, -0.25) is 4.98 Å². The zero-order valence-corrected chi connectivity index (χ0v) is 12.3. The minimum atomic E-state index is 0.701. The van der Waals surface area contributed by atoms with Gasteiger partial charge in [-0.2, -0.15) is 0 Å². The van der Waals surface area contributed by atoms with Gasteiger partial charge in [0.2, 0.25) is 0 Å². The maximum absolute atomic E-state index is 5.93. The van der Waals surface area contributed by atoms with Gasteiger partial charge in [0, 0.05) is 11.6 Å². The lowest BCUT2D eigenvalue weighted by Gasteiger charge is -2.10. The predicted molar refractivity (Wildman–Crippen MR) is 85.0 cm³/mol. The Kier molecular flexibility index (Phi) is 5.66. The second kappa shape index (κ2) is 7.73. The molecule has 0 atom stereocenters. The Morgan fingerprint density at radius 3 is 2.70 bits per heavy atom. The number of pyridine rings is 1. The third kappa shape index (κ3) is 3.86. The van der Waals surface area contributed by atoms with Crippen LogP contribution in [0.2, 0.25) is 0 Å². The van der Waals surface area contributed by atoms with E-state index in [4.69, 9.17) is 10.5 Å². The summed E-state index contributed by atoms with van der Waals surface area (Å²) >= 11 is 0. The molecule has 0 aliphatic rings. The highest BCUT2D eigenvalue weighted by Crippen LogP contribution is 2.28. The Balaban J connectivity index is 1.86. The molecule has 0 amide bonds. The van der Waals surface area contributed by atoms with E-state index in [1.807, 2.05) is 24.3 Å². The van der Waals surface area contributed by atoms with Crippen molar-refractivity contribution in [2.45, 2.75) is 45.4 Å². The second-order valence-corrected chi connectivity index (χ2v) is 5.17. The monoisotopic (exact) mass is 272 g/mol. The van der Waals surface area contributed by atoms with E-state index in [9.17, 15) is 0 Å². The number of hydrogen-bond acceptors (Lipinski definition) is 3. The van der Waals surface area contributed by atoms with Crippen LogP contribution in [0.4, 0.5) is 5.69 Å². The molecular formula is C17H24N2O. The summed E-state index contributed by atoms with van der Waals surface area (Å²) in [5.74, 6) is 0.885. The third-order valence-corrected chi connectivity index (χ3v) is 3.52. The minimum absolute atomic E-state index is 0.701. The molecule has 0 bridgehead atoms. The largest absolute Gasteiger partial charge is 0.493 e. The van der Waals surface area contributed by atoms with Gasteiger partial charge in [-0.05, 0) is 30.7 Å². The van der Waals surface area contributed by atoms with E-state index in [1.165, 1.54) is 32.1 Å². The Morgan fingerprint density at radius 1 is 1.05 bits per heavy atom. The van der Waals surface area contributed by atoms with Gasteiger partial charge in [0.1, 0.15) is 5.75 Å². The molecule has 1 aromatic carbocycles. The van der Waals surface area contributed by atoms with Crippen LogP contribution < -0.4 is 10.5 Å². The SMILES string of the molecule is CCCCCCCCOc1ccc(N)c2ncccc12. The normalized spacial score (nSPS) is 10.8. The van der Waals surface area contributed by atoms with Gasteiger partial charge >= 0.3 is 0 Å². The number of aromatic nitrogens is 1. The molecule has 108 valence electrons. The summed E-state index contributed by atoms with van der Waals surface area (Å²) in [5.41, 5.74) is 7.46. The summed E-state index contributed by atoms with van der Waals surface area (Å²) in [6.07, 6.45) is 9.39. The first kappa shape index (κ1) is 14.6. The average molecular weight is 272 g/mol. The minimum Gasteiger partial charge on any atom is -0.493 e. The number of unbranched alkanes of at least 4 members (excludes halogenated alkanes) is 5. The number of fused-ring (bicyclic) bond motifs is 1. The Bertz CT molecular complexity index is 540. The molecule has 3 heteroatoms. The van der Waals surface area contributed by atoms with E-state index < -0.39 is 0 Å². The summed E-state index contributed by atoms with van der Waals surface area (Å²) in [7, 11) is 0. The van der Waals surface area contributed by atoms with Gasteiger partial charge in [0.15, 0.2) is 0 Å². The van der Waals surface area contributed by atoms with Gasteiger partial charge in [0.05, 0.1) is 17.8 Å². The molecule has 0 saturated heterocycles. The fourth-order valence-corrected chi connectivity index (χ4v) is 2.36. The lowest BCUT2D eigenvalue weighted by Crippen LogP contribution is -1.99. The molecule has 0 spiro atoms.